The molecule has 0 saturated carbocycles. The predicted molar refractivity (Wildman–Crippen MR) is 55.2 cm³/mol. The average molecular weight is 194 g/mol. The van der Waals surface area contributed by atoms with Crippen molar-refractivity contribution in [2.75, 3.05) is 0 Å². The van der Waals surface area contributed by atoms with Crippen LogP contribution in [0.4, 0.5) is 4.39 Å². The van der Waals surface area contributed by atoms with Gasteiger partial charge in [-0.25, -0.2) is 4.39 Å². The highest BCUT2D eigenvalue weighted by atomic mass is 19.1. The molecule has 0 bridgehead atoms. The molecule has 0 aromatic heterocycles. The lowest BCUT2D eigenvalue weighted by Crippen LogP contribution is -2.02. The minimum atomic E-state index is -0.417. The summed E-state index contributed by atoms with van der Waals surface area (Å²) in [4.78, 5) is 11.1. The van der Waals surface area contributed by atoms with Crippen molar-refractivity contribution < 1.29 is 9.18 Å². The second kappa shape index (κ2) is 3.91. The Kier molecular flexibility index (Phi) is 3.04. The van der Waals surface area contributed by atoms with Crippen LogP contribution in [0.5, 0.6) is 0 Å². The molecule has 0 heterocycles. The van der Waals surface area contributed by atoms with E-state index in [1.165, 1.54) is 13.0 Å². The normalized spacial score (nSPS) is 10.7. The summed E-state index contributed by atoms with van der Waals surface area (Å²) in [6.07, 6.45) is 0. The van der Waals surface area contributed by atoms with Crippen LogP contribution in [-0.2, 0) is 0 Å². The van der Waals surface area contributed by atoms with Gasteiger partial charge in [0.05, 0.1) is 5.56 Å². The van der Waals surface area contributed by atoms with Gasteiger partial charge in [-0.3, -0.25) is 4.79 Å². The summed E-state index contributed by atoms with van der Waals surface area (Å²) < 4.78 is 13.3. The van der Waals surface area contributed by atoms with Crippen LogP contribution in [0.2, 0.25) is 0 Å². The van der Waals surface area contributed by atoms with Gasteiger partial charge in [0.2, 0.25) is 0 Å². The Morgan fingerprint density at radius 3 is 2.36 bits per heavy atom. The first-order chi connectivity index (χ1) is 6.43. The van der Waals surface area contributed by atoms with Gasteiger partial charge in [-0.05, 0) is 43.0 Å². The van der Waals surface area contributed by atoms with Crippen LogP contribution >= 0.6 is 0 Å². The van der Waals surface area contributed by atoms with Crippen LogP contribution in [0.1, 0.15) is 48.2 Å². The maximum Gasteiger partial charge on any atom is 0.162 e. The number of benzene rings is 1. The molecule has 0 spiro atoms. The maximum absolute atomic E-state index is 13.3. The van der Waals surface area contributed by atoms with Gasteiger partial charge >= 0.3 is 0 Å². The minimum absolute atomic E-state index is 0.194. The zero-order chi connectivity index (χ0) is 10.9. The molecule has 1 nitrogen and oxygen atoms in total. The maximum atomic E-state index is 13.3. The number of rotatable bonds is 2. The van der Waals surface area contributed by atoms with Gasteiger partial charge in [-0.2, -0.15) is 0 Å². The zero-order valence-corrected chi connectivity index (χ0v) is 9.02. The summed E-state index contributed by atoms with van der Waals surface area (Å²) in [6.45, 7) is 7.31. The molecule has 0 atom stereocenters. The molecule has 0 aliphatic heterocycles. The van der Waals surface area contributed by atoms with E-state index in [0.717, 1.165) is 11.1 Å². The number of Topliss-reactive ketones (excluding diaryl/α,β-unsaturated/α-hetero) is 1. The minimum Gasteiger partial charge on any atom is -0.294 e. The third-order valence-electron chi connectivity index (χ3n) is 2.36. The Morgan fingerprint density at radius 1 is 1.36 bits per heavy atom. The molecule has 0 aliphatic rings. The van der Waals surface area contributed by atoms with Crippen molar-refractivity contribution in [2.24, 2.45) is 0 Å². The summed E-state index contributed by atoms with van der Waals surface area (Å²) in [5.74, 6) is -0.322. The largest absolute Gasteiger partial charge is 0.294 e. The molecule has 0 amide bonds. The summed E-state index contributed by atoms with van der Waals surface area (Å²) in [5, 5.41) is 0. The second-order valence-electron chi connectivity index (χ2n) is 3.90. The van der Waals surface area contributed by atoms with E-state index < -0.39 is 5.82 Å². The first-order valence-corrected chi connectivity index (χ1v) is 4.74. The lowest BCUT2D eigenvalue weighted by Gasteiger charge is -2.11. The van der Waals surface area contributed by atoms with Gasteiger partial charge in [-0.15, -0.1) is 0 Å². The van der Waals surface area contributed by atoms with E-state index in [-0.39, 0.29) is 11.3 Å². The number of hydrogen-bond donors (Lipinski definition) is 0. The summed E-state index contributed by atoms with van der Waals surface area (Å²) in [6, 6.07) is 3.10. The van der Waals surface area contributed by atoms with Gasteiger partial charge in [0.25, 0.3) is 0 Å². The van der Waals surface area contributed by atoms with Gasteiger partial charge in [0, 0.05) is 0 Å². The molecule has 0 radical (unpaired) electrons. The van der Waals surface area contributed by atoms with Crippen molar-refractivity contribution in [3.05, 3.63) is 34.6 Å². The number of carbonyl (C=O) groups excluding carboxylic acids is 1. The fourth-order valence-corrected chi connectivity index (χ4v) is 1.58. The SMILES string of the molecule is CC(=O)c1cc(C(C)C)c(C)cc1F. The van der Waals surface area contributed by atoms with Gasteiger partial charge < -0.3 is 0 Å². The molecule has 1 aromatic carbocycles. The van der Waals surface area contributed by atoms with Crippen LogP contribution in [0.25, 0.3) is 0 Å². The first-order valence-electron chi connectivity index (χ1n) is 4.74. The van der Waals surface area contributed by atoms with E-state index in [2.05, 4.69) is 0 Å². The number of hydrogen-bond acceptors (Lipinski definition) is 1. The highest BCUT2D eigenvalue weighted by Gasteiger charge is 2.12. The van der Waals surface area contributed by atoms with Crippen LogP contribution < -0.4 is 0 Å². The van der Waals surface area contributed by atoms with E-state index in [1.54, 1.807) is 6.07 Å². The van der Waals surface area contributed by atoms with E-state index >= 15 is 0 Å². The van der Waals surface area contributed by atoms with Crippen LogP contribution in [0.3, 0.4) is 0 Å². The van der Waals surface area contributed by atoms with Gasteiger partial charge in [0.15, 0.2) is 5.78 Å². The molecule has 76 valence electrons. The molecular formula is C12H15FO. The molecular weight excluding hydrogens is 179 g/mol. The molecule has 0 unspecified atom stereocenters. The fraction of sp³-hybridized carbons (Fsp3) is 0.417. The summed E-state index contributed by atoms with van der Waals surface area (Å²) >= 11 is 0. The first kappa shape index (κ1) is 10.9. The Labute approximate surface area is 83.9 Å². The van der Waals surface area contributed by atoms with Crippen molar-refractivity contribution in [3.63, 3.8) is 0 Å². The van der Waals surface area contributed by atoms with E-state index in [4.69, 9.17) is 0 Å². The Bertz CT molecular complexity index is 367. The third kappa shape index (κ3) is 2.00. The number of ketones is 1. The molecule has 1 rings (SSSR count). The lowest BCUT2D eigenvalue weighted by molar-refractivity contribution is 0.101. The van der Waals surface area contributed by atoms with Gasteiger partial charge in [-0.1, -0.05) is 13.8 Å². The number of halogens is 1. The highest BCUT2D eigenvalue weighted by Crippen LogP contribution is 2.22. The van der Waals surface area contributed by atoms with Crippen LogP contribution in [-0.4, -0.2) is 5.78 Å². The topological polar surface area (TPSA) is 17.1 Å². The summed E-state index contributed by atoms with van der Waals surface area (Å²) in [7, 11) is 0. The molecule has 1 aromatic rings. The van der Waals surface area contributed by atoms with E-state index in [0.29, 0.717) is 5.92 Å². The Hall–Kier alpha value is -1.18. The quantitative estimate of drug-likeness (QED) is 0.659. The second-order valence-corrected chi connectivity index (χ2v) is 3.90. The van der Waals surface area contributed by atoms with Crippen molar-refractivity contribution in [2.45, 2.75) is 33.6 Å². The zero-order valence-electron chi connectivity index (χ0n) is 9.02. The number of aryl methyl sites for hydroxylation is 1. The third-order valence-corrected chi connectivity index (χ3v) is 2.36. The fourth-order valence-electron chi connectivity index (χ4n) is 1.58. The lowest BCUT2D eigenvalue weighted by atomic mass is 9.94. The predicted octanol–water partition coefficient (Wildman–Crippen LogP) is 3.46. The summed E-state index contributed by atoms with van der Waals surface area (Å²) in [5.41, 5.74) is 2.14. The van der Waals surface area contributed by atoms with Crippen molar-refractivity contribution in [3.8, 4) is 0 Å². The molecule has 0 N–H and O–H groups in total. The van der Waals surface area contributed by atoms with Crippen molar-refractivity contribution in [1.82, 2.24) is 0 Å². The molecule has 0 aliphatic carbocycles. The van der Waals surface area contributed by atoms with Gasteiger partial charge in [0.1, 0.15) is 5.82 Å². The standard InChI is InChI=1S/C12H15FO/c1-7(2)10-6-11(9(4)14)12(13)5-8(10)3/h5-7H,1-4H3. The molecule has 14 heavy (non-hydrogen) atoms. The Morgan fingerprint density at radius 2 is 1.93 bits per heavy atom. The van der Waals surface area contributed by atoms with Crippen molar-refractivity contribution in [1.29, 1.82) is 0 Å². The molecule has 2 heteroatoms. The van der Waals surface area contributed by atoms with E-state index in [1.807, 2.05) is 20.8 Å². The molecule has 0 fully saturated rings. The molecule has 0 saturated heterocycles. The number of carbonyl (C=O) groups is 1. The average Bonchev–Trinajstić information content (AvgIpc) is 2.02. The van der Waals surface area contributed by atoms with E-state index in [9.17, 15) is 9.18 Å². The van der Waals surface area contributed by atoms with Crippen molar-refractivity contribution >= 4 is 5.78 Å². The van der Waals surface area contributed by atoms with Crippen LogP contribution in [0.15, 0.2) is 12.1 Å². The Balaban J connectivity index is 3.34. The smallest absolute Gasteiger partial charge is 0.162 e. The monoisotopic (exact) mass is 194 g/mol. The van der Waals surface area contributed by atoms with Crippen LogP contribution in [0, 0.1) is 12.7 Å². The highest BCUT2D eigenvalue weighted by molar-refractivity contribution is 5.94.